The second kappa shape index (κ2) is 6.57. The fourth-order valence-corrected chi connectivity index (χ4v) is 1.71. The summed E-state index contributed by atoms with van der Waals surface area (Å²) < 4.78 is 5.18. The summed E-state index contributed by atoms with van der Waals surface area (Å²) in [5.74, 6) is 0. The third-order valence-corrected chi connectivity index (χ3v) is 2.58. The van der Waals surface area contributed by atoms with Crippen LogP contribution in [0.1, 0.15) is 52.1 Å². The van der Waals surface area contributed by atoms with Gasteiger partial charge in [-0.15, -0.1) is 0 Å². The van der Waals surface area contributed by atoms with Crippen molar-refractivity contribution in [3.05, 3.63) is 29.8 Å². The van der Waals surface area contributed by atoms with Crippen molar-refractivity contribution >= 4 is 11.8 Å². The minimum Gasteiger partial charge on any atom is -0.444 e. The van der Waals surface area contributed by atoms with Crippen LogP contribution < -0.4 is 11.1 Å². The Morgan fingerprint density at radius 3 is 2.37 bits per heavy atom. The van der Waals surface area contributed by atoms with E-state index in [-0.39, 0.29) is 6.04 Å². The highest BCUT2D eigenvalue weighted by molar-refractivity contribution is 5.84. The molecule has 0 saturated carbocycles. The van der Waals surface area contributed by atoms with Crippen LogP contribution in [0.2, 0.25) is 0 Å². The maximum Gasteiger partial charge on any atom is 0.412 e. The van der Waals surface area contributed by atoms with E-state index in [2.05, 4.69) is 12.2 Å². The molecule has 106 valence electrons. The second-order valence-electron chi connectivity index (χ2n) is 5.64. The Morgan fingerprint density at radius 2 is 1.89 bits per heavy atom. The third kappa shape index (κ3) is 5.75. The minimum atomic E-state index is -0.493. The summed E-state index contributed by atoms with van der Waals surface area (Å²) in [7, 11) is 0. The predicted molar refractivity (Wildman–Crippen MR) is 78.1 cm³/mol. The summed E-state index contributed by atoms with van der Waals surface area (Å²) in [5.41, 5.74) is 7.33. The Labute approximate surface area is 115 Å². The second-order valence-corrected chi connectivity index (χ2v) is 5.64. The molecule has 1 aromatic carbocycles. The SMILES string of the molecule is CCC[C@H](N)c1ccc(NC(=O)OC(C)(C)C)cc1. The number of benzene rings is 1. The minimum absolute atomic E-state index is 0.0561. The quantitative estimate of drug-likeness (QED) is 0.868. The topological polar surface area (TPSA) is 64.3 Å². The normalized spacial score (nSPS) is 12.9. The highest BCUT2D eigenvalue weighted by Crippen LogP contribution is 2.18. The van der Waals surface area contributed by atoms with Crippen molar-refractivity contribution in [2.45, 2.75) is 52.2 Å². The molecule has 1 amide bonds. The van der Waals surface area contributed by atoms with Crippen molar-refractivity contribution in [1.29, 1.82) is 0 Å². The molecule has 0 fully saturated rings. The van der Waals surface area contributed by atoms with Crippen LogP contribution in [0, 0.1) is 0 Å². The number of ether oxygens (including phenoxy) is 1. The number of hydrogen-bond acceptors (Lipinski definition) is 3. The van der Waals surface area contributed by atoms with E-state index in [9.17, 15) is 4.79 Å². The largest absolute Gasteiger partial charge is 0.444 e. The molecule has 3 N–H and O–H groups in total. The van der Waals surface area contributed by atoms with Crippen molar-refractivity contribution in [1.82, 2.24) is 0 Å². The number of carbonyl (C=O) groups is 1. The molecule has 0 heterocycles. The highest BCUT2D eigenvalue weighted by Gasteiger charge is 2.16. The van der Waals surface area contributed by atoms with Crippen LogP contribution in [0.15, 0.2) is 24.3 Å². The maximum atomic E-state index is 11.6. The van der Waals surface area contributed by atoms with Crippen molar-refractivity contribution in [3.63, 3.8) is 0 Å². The van der Waals surface area contributed by atoms with Crippen LogP contribution in [0.5, 0.6) is 0 Å². The molecule has 0 aliphatic rings. The molecule has 19 heavy (non-hydrogen) atoms. The predicted octanol–water partition coefficient (Wildman–Crippen LogP) is 3.83. The molecule has 0 bridgehead atoms. The van der Waals surface area contributed by atoms with Gasteiger partial charge in [0.15, 0.2) is 0 Å². The van der Waals surface area contributed by atoms with Gasteiger partial charge < -0.3 is 10.5 Å². The molecule has 0 aliphatic carbocycles. The molecule has 0 radical (unpaired) electrons. The van der Waals surface area contributed by atoms with Crippen LogP contribution in [0.3, 0.4) is 0 Å². The lowest BCUT2D eigenvalue weighted by atomic mass is 10.0. The van der Waals surface area contributed by atoms with Gasteiger partial charge in [0.1, 0.15) is 5.60 Å². The lowest BCUT2D eigenvalue weighted by Gasteiger charge is -2.19. The number of anilines is 1. The summed E-state index contributed by atoms with van der Waals surface area (Å²) in [4.78, 5) is 11.6. The first kappa shape index (κ1) is 15.5. The van der Waals surface area contributed by atoms with Crippen molar-refractivity contribution < 1.29 is 9.53 Å². The summed E-state index contributed by atoms with van der Waals surface area (Å²) >= 11 is 0. The van der Waals surface area contributed by atoms with Crippen LogP contribution in [-0.4, -0.2) is 11.7 Å². The average Bonchev–Trinajstić information content (AvgIpc) is 2.27. The molecule has 0 unspecified atom stereocenters. The molecular formula is C15H24N2O2. The van der Waals surface area contributed by atoms with Gasteiger partial charge in [-0.1, -0.05) is 25.5 Å². The van der Waals surface area contributed by atoms with Gasteiger partial charge in [-0.3, -0.25) is 5.32 Å². The van der Waals surface area contributed by atoms with Gasteiger partial charge in [0.05, 0.1) is 0 Å². The van der Waals surface area contributed by atoms with Gasteiger partial charge in [0.25, 0.3) is 0 Å². The molecular weight excluding hydrogens is 240 g/mol. The van der Waals surface area contributed by atoms with E-state index in [0.29, 0.717) is 5.69 Å². The summed E-state index contributed by atoms with van der Waals surface area (Å²) in [6.45, 7) is 7.61. The van der Waals surface area contributed by atoms with Gasteiger partial charge in [-0.05, 0) is 44.9 Å². The lowest BCUT2D eigenvalue weighted by molar-refractivity contribution is 0.0636. The molecule has 1 rings (SSSR count). The first-order valence-corrected chi connectivity index (χ1v) is 6.67. The molecule has 0 aromatic heterocycles. The Bertz CT molecular complexity index is 407. The maximum absolute atomic E-state index is 11.6. The third-order valence-electron chi connectivity index (χ3n) is 2.58. The Balaban J connectivity index is 2.59. The van der Waals surface area contributed by atoms with Gasteiger partial charge in [-0.2, -0.15) is 0 Å². The van der Waals surface area contributed by atoms with Crippen LogP contribution in [0.25, 0.3) is 0 Å². The lowest BCUT2D eigenvalue weighted by Crippen LogP contribution is -2.27. The van der Waals surface area contributed by atoms with E-state index in [4.69, 9.17) is 10.5 Å². The summed E-state index contributed by atoms with van der Waals surface area (Å²) in [6, 6.07) is 7.62. The van der Waals surface area contributed by atoms with Crippen LogP contribution in [-0.2, 0) is 4.74 Å². The van der Waals surface area contributed by atoms with Crippen LogP contribution >= 0.6 is 0 Å². The summed E-state index contributed by atoms with van der Waals surface area (Å²) in [6.07, 6.45) is 1.57. The molecule has 0 saturated heterocycles. The fourth-order valence-electron chi connectivity index (χ4n) is 1.71. The Kier molecular flexibility index (Phi) is 5.36. The smallest absolute Gasteiger partial charge is 0.412 e. The highest BCUT2D eigenvalue weighted by atomic mass is 16.6. The van der Waals surface area contributed by atoms with Crippen LogP contribution in [0.4, 0.5) is 10.5 Å². The molecule has 1 atom stereocenters. The van der Waals surface area contributed by atoms with Crippen molar-refractivity contribution in [3.8, 4) is 0 Å². The van der Waals surface area contributed by atoms with E-state index >= 15 is 0 Å². The van der Waals surface area contributed by atoms with Crippen molar-refractivity contribution in [2.75, 3.05) is 5.32 Å². The van der Waals surface area contributed by atoms with E-state index in [1.165, 1.54) is 0 Å². The zero-order valence-corrected chi connectivity index (χ0v) is 12.2. The molecule has 0 spiro atoms. The van der Waals surface area contributed by atoms with Gasteiger partial charge in [0, 0.05) is 11.7 Å². The van der Waals surface area contributed by atoms with E-state index in [0.717, 1.165) is 18.4 Å². The molecule has 4 nitrogen and oxygen atoms in total. The number of rotatable bonds is 4. The zero-order chi connectivity index (χ0) is 14.5. The summed E-state index contributed by atoms with van der Waals surface area (Å²) in [5, 5.41) is 2.69. The standard InChI is InChI=1S/C15H24N2O2/c1-5-6-13(16)11-7-9-12(10-8-11)17-14(18)19-15(2,3)4/h7-10,13H,5-6,16H2,1-4H3,(H,17,18)/t13-/m0/s1. The molecule has 0 aliphatic heterocycles. The van der Waals surface area contributed by atoms with Crippen molar-refractivity contribution in [2.24, 2.45) is 5.73 Å². The van der Waals surface area contributed by atoms with E-state index in [1.807, 2.05) is 45.0 Å². The first-order chi connectivity index (χ1) is 8.81. The number of nitrogens with one attached hydrogen (secondary N) is 1. The monoisotopic (exact) mass is 264 g/mol. The van der Waals surface area contributed by atoms with Gasteiger partial charge in [0.2, 0.25) is 0 Å². The number of hydrogen-bond donors (Lipinski definition) is 2. The first-order valence-electron chi connectivity index (χ1n) is 6.67. The number of amides is 1. The van der Waals surface area contributed by atoms with Gasteiger partial charge in [-0.25, -0.2) is 4.79 Å². The van der Waals surface area contributed by atoms with E-state index in [1.54, 1.807) is 0 Å². The van der Waals surface area contributed by atoms with E-state index < -0.39 is 11.7 Å². The Morgan fingerprint density at radius 1 is 1.32 bits per heavy atom. The molecule has 1 aromatic rings. The number of carbonyl (C=O) groups excluding carboxylic acids is 1. The fraction of sp³-hybridized carbons (Fsp3) is 0.533. The molecule has 4 heteroatoms. The Hall–Kier alpha value is -1.55. The van der Waals surface area contributed by atoms with Gasteiger partial charge >= 0.3 is 6.09 Å². The average molecular weight is 264 g/mol. The number of nitrogens with two attached hydrogens (primary N) is 1. The zero-order valence-electron chi connectivity index (χ0n) is 12.2.